The van der Waals surface area contributed by atoms with Crippen LogP contribution in [0.5, 0.6) is 23.0 Å². The number of aryl methyl sites for hydroxylation is 1. The number of carbonyl (C=O) groups excluding carboxylic acids is 1. The molecule has 0 aliphatic rings. The van der Waals surface area contributed by atoms with E-state index in [1.807, 2.05) is 0 Å². The minimum Gasteiger partial charge on any atom is -0.506 e. The molecule has 1 heterocycles. The van der Waals surface area contributed by atoms with Gasteiger partial charge in [-0.25, -0.2) is 0 Å². The van der Waals surface area contributed by atoms with Gasteiger partial charge in [-0.2, -0.15) is 0 Å². The summed E-state index contributed by atoms with van der Waals surface area (Å²) in [5.74, 6) is -2.33. The molecule has 0 saturated heterocycles. The van der Waals surface area contributed by atoms with Crippen LogP contribution in [0.15, 0.2) is 25.5 Å². The SMILES string of the molecule is CCc1oc2c(O)c(N)c(O)c(O)c2c1C(=O)c1cc(Br)c(O)c(Br)c1. The number of furan rings is 1. The summed E-state index contributed by atoms with van der Waals surface area (Å²) in [5, 5.41) is 40.0. The number of hydrogen-bond acceptors (Lipinski definition) is 7. The van der Waals surface area contributed by atoms with E-state index in [2.05, 4.69) is 31.9 Å². The van der Waals surface area contributed by atoms with E-state index in [1.54, 1.807) is 6.92 Å². The lowest BCUT2D eigenvalue weighted by atomic mass is 9.98. The van der Waals surface area contributed by atoms with Crippen LogP contribution in [0, 0.1) is 0 Å². The Kier molecular flexibility index (Phi) is 4.53. The van der Waals surface area contributed by atoms with Crippen LogP contribution >= 0.6 is 31.9 Å². The monoisotopic (exact) mass is 485 g/mol. The zero-order valence-electron chi connectivity index (χ0n) is 13.3. The number of halogens is 2. The predicted molar refractivity (Wildman–Crippen MR) is 102 cm³/mol. The van der Waals surface area contributed by atoms with Crippen molar-refractivity contribution in [2.75, 3.05) is 5.73 Å². The van der Waals surface area contributed by atoms with Crippen molar-refractivity contribution >= 4 is 54.3 Å². The van der Waals surface area contributed by atoms with Crippen molar-refractivity contribution < 1.29 is 29.6 Å². The number of hydrogen-bond donors (Lipinski definition) is 5. The highest BCUT2D eigenvalue weighted by Gasteiger charge is 2.29. The van der Waals surface area contributed by atoms with Gasteiger partial charge in [-0.1, -0.05) is 6.92 Å². The van der Waals surface area contributed by atoms with Gasteiger partial charge in [0.15, 0.2) is 28.6 Å². The summed E-state index contributed by atoms with van der Waals surface area (Å²) in [5.41, 5.74) is 5.10. The minimum atomic E-state index is -0.736. The molecule has 7 nitrogen and oxygen atoms in total. The average Bonchev–Trinajstić information content (AvgIpc) is 3.01. The van der Waals surface area contributed by atoms with Crippen molar-refractivity contribution in [3.05, 3.63) is 38.0 Å². The van der Waals surface area contributed by atoms with Gasteiger partial charge < -0.3 is 30.6 Å². The second-order valence-electron chi connectivity index (χ2n) is 5.54. The number of aromatic hydroxyl groups is 4. The van der Waals surface area contributed by atoms with Crippen LogP contribution in [0.25, 0.3) is 11.0 Å². The van der Waals surface area contributed by atoms with E-state index in [0.29, 0.717) is 8.95 Å². The van der Waals surface area contributed by atoms with Crippen LogP contribution in [0.2, 0.25) is 0 Å². The number of ketones is 1. The minimum absolute atomic E-state index is 0.00455. The zero-order valence-corrected chi connectivity index (χ0v) is 16.5. The summed E-state index contributed by atoms with van der Waals surface area (Å²) >= 11 is 6.32. The van der Waals surface area contributed by atoms with Crippen molar-refractivity contribution in [2.45, 2.75) is 13.3 Å². The molecule has 0 unspecified atom stereocenters. The number of anilines is 1. The molecular weight excluding hydrogens is 474 g/mol. The van der Waals surface area contributed by atoms with Crippen molar-refractivity contribution in [2.24, 2.45) is 0 Å². The number of carbonyl (C=O) groups is 1. The lowest BCUT2D eigenvalue weighted by molar-refractivity contribution is 0.103. The molecule has 136 valence electrons. The molecule has 3 aromatic rings. The van der Waals surface area contributed by atoms with E-state index in [0.717, 1.165) is 0 Å². The first-order chi connectivity index (χ1) is 12.2. The maximum Gasteiger partial charge on any atom is 0.197 e. The molecule has 0 saturated carbocycles. The maximum atomic E-state index is 13.1. The van der Waals surface area contributed by atoms with Crippen molar-refractivity contribution in [3.8, 4) is 23.0 Å². The molecule has 9 heteroatoms. The summed E-state index contributed by atoms with van der Waals surface area (Å²) in [6.07, 6.45) is 0.287. The van der Waals surface area contributed by atoms with E-state index < -0.39 is 28.7 Å². The van der Waals surface area contributed by atoms with Crippen LogP contribution in [0.3, 0.4) is 0 Å². The first-order valence-electron chi connectivity index (χ1n) is 7.39. The predicted octanol–water partition coefficient (Wildman–Crippen LogP) is 4.16. The third-order valence-electron chi connectivity index (χ3n) is 3.99. The first-order valence-corrected chi connectivity index (χ1v) is 8.97. The molecule has 2 aromatic carbocycles. The lowest BCUT2D eigenvalue weighted by Gasteiger charge is -2.08. The Hall–Kier alpha value is -2.39. The molecule has 0 aliphatic heterocycles. The van der Waals surface area contributed by atoms with E-state index in [4.69, 9.17) is 10.2 Å². The number of nitrogens with two attached hydrogens (primary N) is 1. The molecule has 3 rings (SSSR count). The number of benzene rings is 2. The molecule has 0 amide bonds. The highest BCUT2D eigenvalue weighted by molar-refractivity contribution is 9.11. The fourth-order valence-electron chi connectivity index (χ4n) is 2.68. The van der Waals surface area contributed by atoms with E-state index >= 15 is 0 Å². The fraction of sp³-hybridized carbons (Fsp3) is 0.118. The van der Waals surface area contributed by atoms with Crippen LogP contribution in [-0.2, 0) is 6.42 Å². The Morgan fingerprint density at radius 3 is 2.15 bits per heavy atom. The fourth-order valence-corrected chi connectivity index (χ4v) is 3.87. The third kappa shape index (κ3) is 2.58. The maximum absolute atomic E-state index is 13.1. The molecule has 0 fully saturated rings. The summed E-state index contributed by atoms with van der Waals surface area (Å²) in [6, 6.07) is 2.82. The first kappa shape index (κ1) is 18.4. The molecule has 0 spiro atoms. The molecular formula is C17H13Br2NO6. The molecule has 6 N–H and O–H groups in total. The van der Waals surface area contributed by atoms with Crippen LogP contribution in [-0.4, -0.2) is 26.2 Å². The van der Waals surface area contributed by atoms with Crippen molar-refractivity contribution in [1.29, 1.82) is 0 Å². The number of fused-ring (bicyclic) bond motifs is 1. The molecule has 1 aromatic heterocycles. The number of phenolic OH excluding ortho intramolecular Hbond substituents is 4. The average molecular weight is 487 g/mol. The largest absolute Gasteiger partial charge is 0.506 e. The van der Waals surface area contributed by atoms with Gasteiger partial charge in [0.1, 0.15) is 17.2 Å². The Morgan fingerprint density at radius 2 is 1.62 bits per heavy atom. The van der Waals surface area contributed by atoms with E-state index in [-0.39, 0.29) is 40.0 Å². The van der Waals surface area contributed by atoms with Gasteiger partial charge in [0.2, 0.25) is 0 Å². The standard InChI is InChI=1S/C17H13Br2NO6/c1-2-8-9(12(21)5-3-6(18)13(22)7(19)4-5)10-14(23)15(24)11(20)16(25)17(10)26-8/h3-4,22-25H,2,20H2,1H3. The van der Waals surface area contributed by atoms with Crippen LogP contribution in [0.4, 0.5) is 5.69 Å². The second-order valence-corrected chi connectivity index (χ2v) is 7.24. The van der Waals surface area contributed by atoms with Crippen molar-refractivity contribution in [1.82, 2.24) is 0 Å². The van der Waals surface area contributed by atoms with Gasteiger partial charge in [0, 0.05) is 12.0 Å². The van der Waals surface area contributed by atoms with Crippen LogP contribution in [0.1, 0.15) is 28.6 Å². The number of nitrogen functional groups attached to an aromatic ring is 1. The summed E-state index contributed by atoms with van der Waals surface area (Å²) in [4.78, 5) is 13.1. The molecule has 0 bridgehead atoms. The van der Waals surface area contributed by atoms with Crippen LogP contribution < -0.4 is 5.73 Å². The summed E-state index contributed by atoms with van der Waals surface area (Å²) < 4.78 is 6.11. The van der Waals surface area contributed by atoms with Gasteiger partial charge in [0.05, 0.1) is 19.9 Å². The number of phenols is 4. The Labute approximate surface area is 163 Å². The molecule has 26 heavy (non-hydrogen) atoms. The van der Waals surface area contributed by atoms with E-state index in [1.165, 1.54) is 12.1 Å². The second kappa shape index (κ2) is 6.40. The van der Waals surface area contributed by atoms with Gasteiger partial charge in [-0.05, 0) is 44.0 Å². The molecule has 0 aliphatic carbocycles. The molecule has 0 atom stereocenters. The smallest absolute Gasteiger partial charge is 0.197 e. The highest BCUT2D eigenvalue weighted by atomic mass is 79.9. The zero-order chi connectivity index (χ0) is 19.3. The normalized spacial score (nSPS) is 11.2. The summed E-state index contributed by atoms with van der Waals surface area (Å²) in [7, 11) is 0. The molecule has 0 radical (unpaired) electrons. The quantitative estimate of drug-likeness (QED) is 0.162. The summed E-state index contributed by atoms with van der Waals surface area (Å²) in [6.45, 7) is 1.73. The highest BCUT2D eigenvalue weighted by Crippen LogP contribution is 2.49. The Bertz CT molecular complexity index is 1050. The van der Waals surface area contributed by atoms with Gasteiger partial charge in [0.25, 0.3) is 0 Å². The third-order valence-corrected chi connectivity index (χ3v) is 5.20. The van der Waals surface area contributed by atoms with E-state index in [9.17, 15) is 25.2 Å². The topological polar surface area (TPSA) is 137 Å². The Balaban J connectivity index is 2.36. The van der Waals surface area contributed by atoms with Gasteiger partial charge in [-0.15, -0.1) is 0 Å². The lowest BCUT2D eigenvalue weighted by Crippen LogP contribution is -2.04. The van der Waals surface area contributed by atoms with Gasteiger partial charge in [-0.3, -0.25) is 4.79 Å². The number of rotatable bonds is 3. The Morgan fingerprint density at radius 1 is 1.04 bits per heavy atom. The van der Waals surface area contributed by atoms with Gasteiger partial charge >= 0.3 is 0 Å². The van der Waals surface area contributed by atoms with Crippen molar-refractivity contribution in [3.63, 3.8) is 0 Å².